The Morgan fingerprint density at radius 3 is 2.86 bits per heavy atom. The maximum atomic E-state index is 13.0. The molecule has 1 saturated heterocycles. The van der Waals surface area contributed by atoms with Gasteiger partial charge in [0, 0.05) is 32.0 Å². The van der Waals surface area contributed by atoms with Crippen LogP contribution >= 0.6 is 0 Å². The van der Waals surface area contributed by atoms with E-state index in [1.54, 1.807) is 31.6 Å². The third-order valence-electron chi connectivity index (χ3n) is 6.23. The zero-order valence-corrected chi connectivity index (χ0v) is 19.7. The Hall–Kier alpha value is -4.27. The number of aryl methyl sites for hydroxylation is 1. The van der Waals surface area contributed by atoms with Crippen LogP contribution in [0.1, 0.15) is 47.6 Å². The minimum Gasteiger partial charge on any atom is -0.347 e. The lowest BCUT2D eigenvalue weighted by Gasteiger charge is -2.25. The van der Waals surface area contributed by atoms with Crippen molar-refractivity contribution in [3.05, 3.63) is 94.4 Å². The highest BCUT2D eigenvalue weighted by Crippen LogP contribution is 2.34. The lowest BCUT2D eigenvalue weighted by atomic mass is 10.1. The number of carbonyl (C=O) groups excluding carboxylic acids is 1. The van der Waals surface area contributed by atoms with Gasteiger partial charge in [0.1, 0.15) is 11.4 Å². The first-order valence-corrected chi connectivity index (χ1v) is 11.7. The third-order valence-corrected chi connectivity index (χ3v) is 6.23. The summed E-state index contributed by atoms with van der Waals surface area (Å²) in [5.41, 5.74) is 2.39. The lowest BCUT2D eigenvalue weighted by Crippen LogP contribution is -2.40. The standard InChI is InChI=1S/C26H27N7O2/c1-3-4-8-19-16-28-23-11-12-24(30-33(19)23)32-17-18(15-22(32)21-10-5-6-13-27-21)29-25(34)20-9-7-14-31(2)26(20)35/h4-14,16,18,22H,3,15,17H2,1-2H3,(H,29,34)/b8-4+/t18-,22+/m0/s1. The van der Waals surface area contributed by atoms with Gasteiger partial charge in [-0.05, 0) is 55.3 Å². The summed E-state index contributed by atoms with van der Waals surface area (Å²) in [6.07, 6.45) is 10.9. The van der Waals surface area contributed by atoms with Gasteiger partial charge in [0.15, 0.2) is 5.65 Å². The van der Waals surface area contributed by atoms with Crippen molar-refractivity contribution in [3.8, 4) is 0 Å². The second kappa shape index (κ2) is 9.54. The predicted molar refractivity (Wildman–Crippen MR) is 134 cm³/mol. The molecule has 35 heavy (non-hydrogen) atoms. The fourth-order valence-corrected chi connectivity index (χ4v) is 4.47. The van der Waals surface area contributed by atoms with Crippen LogP contribution in [-0.4, -0.2) is 42.6 Å². The number of imidazole rings is 1. The Bertz CT molecular complexity index is 1440. The highest BCUT2D eigenvalue weighted by atomic mass is 16.2. The molecule has 9 heteroatoms. The zero-order chi connectivity index (χ0) is 24.4. The van der Waals surface area contributed by atoms with E-state index in [2.05, 4.69) is 33.2 Å². The number of pyridine rings is 2. The summed E-state index contributed by atoms with van der Waals surface area (Å²) in [6, 6.07) is 12.7. The summed E-state index contributed by atoms with van der Waals surface area (Å²) in [5.74, 6) is 0.396. The molecule has 178 valence electrons. The van der Waals surface area contributed by atoms with Gasteiger partial charge in [0.25, 0.3) is 11.5 Å². The van der Waals surface area contributed by atoms with Crippen LogP contribution in [0.4, 0.5) is 5.82 Å². The topological polar surface area (TPSA) is 97.4 Å². The summed E-state index contributed by atoms with van der Waals surface area (Å²) < 4.78 is 3.23. The van der Waals surface area contributed by atoms with E-state index in [4.69, 9.17) is 5.10 Å². The first kappa shape index (κ1) is 22.5. The number of aromatic nitrogens is 5. The molecular formula is C26H27N7O2. The number of anilines is 1. The average Bonchev–Trinajstić information content (AvgIpc) is 3.48. The second-order valence-corrected chi connectivity index (χ2v) is 8.62. The summed E-state index contributed by atoms with van der Waals surface area (Å²) in [5, 5.41) is 7.93. The fraction of sp³-hybridized carbons (Fsp3) is 0.269. The third kappa shape index (κ3) is 4.44. The normalized spacial score (nSPS) is 17.9. The van der Waals surface area contributed by atoms with Gasteiger partial charge in [0.05, 0.1) is 23.6 Å². The Morgan fingerprint density at radius 1 is 1.17 bits per heavy atom. The number of rotatable bonds is 6. The number of carbonyl (C=O) groups is 1. The highest BCUT2D eigenvalue weighted by Gasteiger charge is 2.36. The smallest absolute Gasteiger partial charge is 0.263 e. The molecule has 0 radical (unpaired) electrons. The van der Waals surface area contributed by atoms with Crippen molar-refractivity contribution in [2.45, 2.75) is 31.8 Å². The SMILES string of the molecule is CC/C=C/c1cnc2ccc(N3C[C@@H](NC(=O)c4cccn(C)c4=O)C[C@@H]3c3ccccn3)nn12. The molecule has 5 rings (SSSR count). The van der Waals surface area contributed by atoms with Crippen LogP contribution < -0.4 is 15.8 Å². The van der Waals surface area contributed by atoms with Crippen molar-refractivity contribution in [3.63, 3.8) is 0 Å². The van der Waals surface area contributed by atoms with Gasteiger partial charge in [-0.2, -0.15) is 0 Å². The predicted octanol–water partition coefficient (Wildman–Crippen LogP) is 3.00. The summed E-state index contributed by atoms with van der Waals surface area (Å²) >= 11 is 0. The van der Waals surface area contributed by atoms with Crippen molar-refractivity contribution in [1.29, 1.82) is 0 Å². The van der Waals surface area contributed by atoms with Crippen molar-refractivity contribution < 1.29 is 4.79 Å². The van der Waals surface area contributed by atoms with Gasteiger partial charge in [-0.15, -0.1) is 5.10 Å². The molecule has 4 aromatic heterocycles. The number of hydrogen-bond donors (Lipinski definition) is 1. The maximum absolute atomic E-state index is 13.0. The number of nitrogens with one attached hydrogen (secondary N) is 1. The summed E-state index contributed by atoms with van der Waals surface area (Å²) in [6.45, 7) is 2.62. The highest BCUT2D eigenvalue weighted by molar-refractivity contribution is 5.94. The molecule has 9 nitrogen and oxygen atoms in total. The molecule has 0 saturated carbocycles. The summed E-state index contributed by atoms with van der Waals surface area (Å²) in [7, 11) is 1.63. The van der Waals surface area contributed by atoms with Gasteiger partial charge >= 0.3 is 0 Å². The molecular weight excluding hydrogens is 442 g/mol. The molecule has 1 N–H and O–H groups in total. The van der Waals surface area contributed by atoms with E-state index in [1.807, 2.05) is 47.1 Å². The Balaban J connectivity index is 1.47. The van der Waals surface area contributed by atoms with Crippen LogP contribution in [0.2, 0.25) is 0 Å². The summed E-state index contributed by atoms with van der Waals surface area (Å²) in [4.78, 5) is 36.6. The fourth-order valence-electron chi connectivity index (χ4n) is 4.47. The number of hydrogen-bond acceptors (Lipinski definition) is 6. The molecule has 0 spiro atoms. The van der Waals surface area contributed by atoms with Gasteiger partial charge in [-0.3, -0.25) is 14.6 Å². The maximum Gasteiger partial charge on any atom is 0.263 e. The molecule has 4 aromatic rings. The number of nitrogens with zero attached hydrogens (tertiary/aromatic N) is 6. The van der Waals surface area contributed by atoms with Crippen molar-refractivity contribution in [2.24, 2.45) is 7.05 Å². The molecule has 1 amide bonds. The first-order valence-electron chi connectivity index (χ1n) is 11.7. The van der Waals surface area contributed by atoms with E-state index in [0.717, 1.165) is 29.3 Å². The zero-order valence-electron chi connectivity index (χ0n) is 19.7. The Kier molecular flexibility index (Phi) is 6.13. The largest absolute Gasteiger partial charge is 0.347 e. The van der Waals surface area contributed by atoms with Gasteiger partial charge in [0.2, 0.25) is 0 Å². The van der Waals surface area contributed by atoms with Crippen LogP contribution in [-0.2, 0) is 7.05 Å². The monoisotopic (exact) mass is 469 g/mol. The van der Waals surface area contributed by atoms with E-state index >= 15 is 0 Å². The van der Waals surface area contributed by atoms with Crippen molar-refractivity contribution in [1.82, 2.24) is 29.5 Å². The van der Waals surface area contributed by atoms with Crippen LogP contribution in [0.15, 0.2) is 71.9 Å². The van der Waals surface area contributed by atoms with Crippen molar-refractivity contribution in [2.75, 3.05) is 11.4 Å². The molecule has 0 unspecified atom stereocenters. The quantitative estimate of drug-likeness (QED) is 0.466. The lowest BCUT2D eigenvalue weighted by molar-refractivity contribution is 0.0937. The number of fused-ring (bicyclic) bond motifs is 1. The minimum absolute atomic E-state index is 0.0804. The Morgan fingerprint density at radius 2 is 2.06 bits per heavy atom. The van der Waals surface area contributed by atoms with Crippen LogP contribution in [0.5, 0.6) is 0 Å². The van der Waals surface area contributed by atoms with Gasteiger partial charge in [-0.25, -0.2) is 9.50 Å². The second-order valence-electron chi connectivity index (χ2n) is 8.62. The van der Waals surface area contributed by atoms with Crippen LogP contribution in [0.3, 0.4) is 0 Å². The molecule has 1 aliphatic heterocycles. The Labute approximate surface area is 202 Å². The molecule has 2 atom stereocenters. The number of amides is 1. The molecule has 0 aromatic carbocycles. The average molecular weight is 470 g/mol. The first-order chi connectivity index (χ1) is 17.0. The molecule has 1 fully saturated rings. The van der Waals surface area contributed by atoms with E-state index in [9.17, 15) is 9.59 Å². The number of allylic oxidation sites excluding steroid dienone is 1. The minimum atomic E-state index is -0.372. The van der Waals surface area contributed by atoms with Crippen LogP contribution in [0.25, 0.3) is 11.7 Å². The van der Waals surface area contributed by atoms with E-state index < -0.39 is 0 Å². The molecule has 1 aliphatic rings. The van der Waals surface area contributed by atoms with E-state index in [1.165, 1.54) is 4.57 Å². The van der Waals surface area contributed by atoms with Crippen LogP contribution in [0, 0.1) is 0 Å². The molecule has 0 bridgehead atoms. The van der Waals surface area contributed by atoms with Gasteiger partial charge in [-0.1, -0.05) is 19.1 Å². The van der Waals surface area contributed by atoms with Crippen molar-refractivity contribution >= 4 is 23.4 Å². The molecule has 0 aliphatic carbocycles. The van der Waals surface area contributed by atoms with E-state index in [-0.39, 0.29) is 29.1 Å². The molecule has 5 heterocycles. The van der Waals surface area contributed by atoms with Gasteiger partial charge < -0.3 is 14.8 Å². The van der Waals surface area contributed by atoms with E-state index in [0.29, 0.717) is 13.0 Å².